The summed E-state index contributed by atoms with van der Waals surface area (Å²) in [4.78, 5) is 29.4. The summed E-state index contributed by atoms with van der Waals surface area (Å²) in [5.41, 5.74) is 0. The van der Waals surface area contributed by atoms with Gasteiger partial charge >= 0.3 is 0 Å². The molecule has 0 aromatic rings. The van der Waals surface area contributed by atoms with E-state index in [1.165, 1.54) is 0 Å². The highest BCUT2D eigenvalue weighted by Gasteiger charge is 2.44. The Morgan fingerprint density at radius 2 is 1.68 bits per heavy atom. The Balaban J connectivity index is 1.36. The van der Waals surface area contributed by atoms with Crippen LogP contribution < -0.4 is 0 Å². The normalized spacial score (nSPS) is 33.5. The molecule has 4 fully saturated rings. The van der Waals surface area contributed by atoms with E-state index in [0.29, 0.717) is 44.0 Å². The van der Waals surface area contributed by atoms with Crippen molar-refractivity contribution >= 4 is 11.8 Å². The molecule has 4 aliphatic rings. The van der Waals surface area contributed by atoms with Gasteiger partial charge in [-0.05, 0) is 37.5 Å². The molecular formula is C19H30N2O4. The molecule has 0 unspecified atom stereocenters. The Labute approximate surface area is 149 Å². The van der Waals surface area contributed by atoms with E-state index in [1.807, 2.05) is 9.80 Å². The average Bonchev–Trinajstić information content (AvgIpc) is 3.32. The molecule has 140 valence electrons. The first-order valence-corrected chi connectivity index (χ1v) is 9.94. The van der Waals surface area contributed by atoms with Gasteiger partial charge in [0.25, 0.3) is 0 Å². The van der Waals surface area contributed by atoms with Gasteiger partial charge in [-0.3, -0.25) is 9.59 Å². The van der Waals surface area contributed by atoms with Crippen LogP contribution >= 0.6 is 0 Å². The van der Waals surface area contributed by atoms with E-state index in [-0.39, 0.29) is 17.7 Å². The molecule has 0 N–H and O–H groups in total. The predicted molar refractivity (Wildman–Crippen MR) is 91.8 cm³/mol. The maximum atomic E-state index is 12.8. The number of likely N-dealkylation sites (tertiary alicyclic amines) is 2. The summed E-state index contributed by atoms with van der Waals surface area (Å²) in [6.45, 7) is 6.23. The minimum Gasteiger partial charge on any atom is -0.381 e. The Kier molecular flexibility index (Phi) is 5.27. The highest BCUT2D eigenvalue weighted by molar-refractivity contribution is 5.79. The highest BCUT2D eigenvalue weighted by atomic mass is 16.5. The smallest absolute Gasteiger partial charge is 0.225 e. The van der Waals surface area contributed by atoms with Crippen LogP contribution in [0.25, 0.3) is 0 Å². The molecule has 4 aliphatic heterocycles. The second-order valence-corrected chi connectivity index (χ2v) is 8.14. The first kappa shape index (κ1) is 17.3. The predicted octanol–water partition coefficient (Wildman–Crippen LogP) is 1.15. The molecule has 25 heavy (non-hydrogen) atoms. The summed E-state index contributed by atoms with van der Waals surface area (Å²) in [6.07, 6.45) is 4.54. The molecule has 4 saturated heterocycles. The quantitative estimate of drug-likeness (QED) is 0.766. The van der Waals surface area contributed by atoms with Crippen LogP contribution in [0.1, 0.15) is 32.1 Å². The third kappa shape index (κ3) is 3.70. The number of fused-ring (bicyclic) bond motifs is 1. The minimum absolute atomic E-state index is 0.125. The van der Waals surface area contributed by atoms with Gasteiger partial charge in [-0.2, -0.15) is 0 Å². The van der Waals surface area contributed by atoms with E-state index in [4.69, 9.17) is 9.47 Å². The lowest BCUT2D eigenvalue weighted by Crippen LogP contribution is -2.39. The molecule has 0 bridgehead atoms. The maximum Gasteiger partial charge on any atom is 0.225 e. The first-order chi connectivity index (χ1) is 12.2. The average molecular weight is 350 g/mol. The van der Waals surface area contributed by atoms with Crippen LogP contribution in [-0.2, 0) is 19.1 Å². The Bertz CT molecular complexity index is 500. The summed E-state index contributed by atoms with van der Waals surface area (Å²) in [7, 11) is 0. The summed E-state index contributed by atoms with van der Waals surface area (Å²) in [5.74, 6) is 1.78. The fraction of sp³-hybridized carbons (Fsp3) is 0.895. The van der Waals surface area contributed by atoms with E-state index in [1.54, 1.807) is 0 Å². The summed E-state index contributed by atoms with van der Waals surface area (Å²) < 4.78 is 11.2. The van der Waals surface area contributed by atoms with Crippen molar-refractivity contribution in [1.29, 1.82) is 0 Å². The molecule has 0 aromatic heterocycles. The molecule has 0 aliphatic carbocycles. The van der Waals surface area contributed by atoms with Crippen molar-refractivity contribution in [2.75, 3.05) is 52.6 Å². The van der Waals surface area contributed by atoms with E-state index < -0.39 is 0 Å². The van der Waals surface area contributed by atoms with E-state index in [9.17, 15) is 9.59 Å². The van der Waals surface area contributed by atoms with Gasteiger partial charge in [0.15, 0.2) is 0 Å². The molecule has 0 saturated carbocycles. The molecule has 6 heteroatoms. The van der Waals surface area contributed by atoms with Gasteiger partial charge in [0.1, 0.15) is 0 Å². The number of nitrogens with zero attached hydrogens (tertiary/aromatic N) is 2. The first-order valence-electron chi connectivity index (χ1n) is 9.94. The van der Waals surface area contributed by atoms with Crippen LogP contribution in [0.5, 0.6) is 0 Å². The van der Waals surface area contributed by atoms with Crippen LogP contribution in [-0.4, -0.2) is 74.2 Å². The van der Waals surface area contributed by atoms with Crippen molar-refractivity contribution in [2.45, 2.75) is 32.1 Å². The van der Waals surface area contributed by atoms with Gasteiger partial charge in [0.05, 0.1) is 13.2 Å². The number of hydrogen-bond donors (Lipinski definition) is 0. The number of rotatable bonds is 3. The van der Waals surface area contributed by atoms with Crippen molar-refractivity contribution in [2.24, 2.45) is 23.7 Å². The number of carbonyl (C=O) groups is 2. The molecule has 0 spiro atoms. The molecule has 2 amide bonds. The van der Waals surface area contributed by atoms with Gasteiger partial charge in [0.2, 0.25) is 11.8 Å². The van der Waals surface area contributed by atoms with Gasteiger partial charge in [-0.15, -0.1) is 0 Å². The van der Waals surface area contributed by atoms with Crippen molar-refractivity contribution in [1.82, 2.24) is 9.80 Å². The number of ether oxygens (including phenoxy) is 2. The van der Waals surface area contributed by atoms with E-state index in [2.05, 4.69) is 0 Å². The lowest BCUT2D eigenvalue weighted by molar-refractivity contribution is -0.137. The fourth-order valence-electron chi connectivity index (χ4n) is 5.01. The molecule has 0 radical (unpaired) electrons. The Morgan fingerprint density at radius 3 is 2.44 bits per heavy atom. The van der Waals surface area contributed by atoms with Gasteiger partial charge < -0.3 is 19.3 Å². The van der Waals surface area contributed by atoms with Crippen molar-refractivity contribution in [3.05, 3.63) is 0 Å². The van der Waals surface area contributed by atoms with Crippen LogP contribution in [0.4, 0.5) is 0 Å². The van der Waals surface area contributed by atoms with Crippen molar-refractivity contribution in [3.63, 3.8) is 0 Å². The second-order valence-electron chi connectivity index (χ2n) is 8.14. The largest absolute Gasteiger partial charge is 0.381 e. The molecule has 4 rings (SSSR count). The van der Waals surface area contributed by atoms with E-state index in [0.717, 1.165) is 58.5 Å². The maximum absolute atomic E-state index is 12.8. The summed E-state index contributed by atoms with van der Waals surface area (Å²) in [5, 5.41) is 0. The third-order valence-electron chi connectivity index (χ3n) is 6.54. The second kappa shape index (κ2) is 7.62. The van der Waals surface area contributed by atoms with Crippen LogP contribution in [0, 0.1) is 23.7 Å². The third-order valence-corrected chi connectivity index (χ3v) is 6.54. The zero-order valence-electron chi connectivity index (χ0n) is 15.0. The zero-order chi connectivity index (χ0) is 17.2. The van der Waals surface area contributed by atoms with Crippen LogP contribution in [0.3, 0.4) is 0 Å². The molecule has 3 atom stereocenters. The fourth-order valence-corrected chi connectivity index (χ4v) is 5.01. The van der Waals surface area contributed by atoms with Crippen molar-refractivity contribution in [3.8, 4) is 0 Å². The van der Waals surface area contributed by atoms with Crippen LogP contribution in [0.15, 0.2) is 0 Å². The Morgan fingerprint density at radius 1 is 0.920 bits per heavy atom. The minimum atomic E-state index is 0.125. The molecule has 6 nitrogen and oxygen atoms in total. The zero-order valence-corrected chi connectivity index (χ0v) is 15.0. The van der Waals surface area contributed by atoms with Crippen molar-refractivity contribution < 1.29 is 19.1 Å². The highest BCUT2D eigenvalue weighted by Crippen LogP contribution is 2.37. The molecular weight excluding hydrogens is 320 g/mol. The topological polar surface area (TPSA) is 59.1 Å². The standard InChI is InChI=1S/C19H30N2O4/c22-18(20-5-1-2-6-20)9-15-12-25-13-16-10-21(11-17(15)16)19(23)14-3-7-24-8-4-14/h14-17H,1-13H2/t15-,16-,17+/m1/s1. The summed E-state index contributed by atoms with van der Waals surface area (Å²) in [6, 6.07) is 0. The molecule has 4 heterocycles. The van der Waals surface area contributed by atoms with Gasteiger partial charge in [-0.25, -0.2) is 0 Å². The Hall–Kier alpha value is -1.14. The van der Waals surface area contributed by atoms with Gasteiger partial charge in [0, 0.05) is 57.6 Å². The van der Waals surface area contributed by atoms with Gasteiger partial charge in [-0.1, -0.05) is 0 Å². The van der Waals surface area contributed by atoms with E-state index >= 15 is 0 Å². The number of carbonyl (C=O) groups excluding carboxylic acids is 2. The monoisotopic (exact) mass is 350 g/mol. The molecule has 0 aromatic carbocycles. The lowest BCUT2D eigenvalue weighted by atomic mass is 9.81. The SMILES string of the molecule is O=C(C[C@@H]1COC[C@H]2CN(C(=O)C3CCOCC3)C[C@@H]12)N1CCCC1. The van der Waals surface area contributed by atoms with Crippen LogP contribution in [0.2, 0.25) is 0 Å². The number of amides is 2. The summed E-state index contributed by atoms with van der Waals surface area (Å²) >= 11 is 0. The lowest BCUT2D eigenvalue weighted by Gasteiger charge is -2.33. The number of hydrogen-bond acceptors (Lipinski definition) is 4.